The Balaban J connectivity index is 1.59. The maximum Gasteiger partial charge on any atom is 0.308 e. The summed E-state index contributed by atoms with van der Waals surface area (Å²) in [6.07, 6.45) is -0.192. The third kappa shape index (κ3) is 7.56. The molecule has 2 N–H and O–H groups in total. The van der Waals surface area contributed by atoms with Crippen molar-refractivity contribution < 1.29 is 23.9 Å². The number of carbonyl (C=O) groups excluding carboxylic acids is 4. The summed E-state index contributed by atoms with van der Waals surface area (Å²) in [5, 5.41) is 5.75. The molecule has 2 aromatic rings. The van der Waals surface area contributed by atoms with Gasteiger partial charge in [0.15, 0.2) is 0 Å². The second-order valence-corrected chi connectivity index (χ2v) is 9.26. The van der Waals surface area contributed by atoms with E-state index < -0.39 is 12.0 Å². The molecule has 0 spiro atoms. The van der Waals surface area contributed by atoms with Gasteiger partial charge in [0.2, 0.25) is 11.8 Å². The van der Waals surface area contributed by atoms with Gasteiger partial charge in [0.1, 0.15) is 6.04 Å². The minimum absolute atomic E-state index is 0.0810. The zero-order valence-electron chi connectivity index (χ0n) is 21.0. The highest BCUT2D eigenvalue weighted by atomic mass is 16.5. The highest BCUT2D eigenvalue weighted by molar-refractivity contribution is 5.95. The van der Waals surface area contributed by atoms with Gasteiger partial charge < -0.3 is 25.2 Å². The van der Waals surface area contributed by atoms with Crippen molar-refractivity contribution in [1.82, 2.24) is 15.1 Å². The molecule has 0 aliphatic carbocycles. The number of piperazine rings is 1. The van der Waals surface area contributed by atoms with Crippen molar-refractivity contribution in [2.75, 3.05) is 38.6 Å². The summed E-state index contributed by atoms with van der Waals surface area (Å²) in [6, 6.07) is 15.7. The highest BCUT2D eigenvalue weighted by Crippen LogP contribution is 2.15. The van der Waals surface area contributed by atoms with Gasteiger partial charge >= 0.3 is 5.97 Å². The van der Waals surface area contributed by atoms with Gasteiger partial charge in [-0.2, -0.15) is 0 Å². The molecule has 0 saturated carbocycles. The van der Waals surface area contributed by atoms with Crippen LogP contribution < -0.4 is 10.6 Å². The van der Waals surface area contributed by atoms with Gasteiger partial charge in [0.05, 0.1) is 19.6 Å². The van der Waals surface area contributed by atoms with E-state index in [4.69, 9.17) is 4.74 Å². The third-order valence-electron chi connectivity index (χ3n) is 5.75. The fourth-order valence-electron chi connectivity index (χ4n) is 3.88. The first-order valence-corrected chi connectivity index (χ1v) is 12.1. The van der Waals surface area contributed by atoms with Crippen LogP contribution in [-0.4, -0.2) is 72.8 Å². The maximum absolute atomic E-state index is 13.0. The molecule has 1 saturated heterocycles. The van der Waals surface area contributed by atoms with Crippen molar-refractivity contribution in [3.63, 3.8) is 0 Å². The summed E-state index contributed by atoms with van der Waals surface area (Å²) >= 11 is 0. The molecule has 1 atom stereocenters. The number of nitrogens with zero attached hydrogens (tertiary/aromatic N) is 2. The second kappa shape index (κ2) is 12.7. The zero-order chi connectivity index (χ0) is 26.1. The Hall–Kier alpha value is -3.88. The van der Waals surface area contributed by atoms with Crippen LogP contribution in [0.4, 0.5) is 5.69 Å². The van der Waals surface area contributed by atoms with E-state index in [0.29, 0.717) is 30.9 Å². The van der Waals surface area contributed by atoms with Crippen LogP contribution in [0.1, 0.15) is 36.2 Å². The molecule has 1 fully saturated rings. The van der Waals surface area contributed by atoms with Crippen LogP contribution >= 0.6 is 0 Å². The van der Waals surface area contributed by atoms with Crippen molar-refractivity contribution in [2.24, 2.45) is 5.92 Å². The van der Waals surface area contributed by atoms with Gasteiger partial charge in [-0.15, -0.1) is 0 Å². The Bertz CT molecular complexity index is 1070. The average molecular weight is 495 g/mol. The summed E-state index contributed by atoms with van der Waals surface area (Å²) in [5.41, 5.74) is 2.13. The molecule has 9 nitrogen and oxygen atoms in total. The van der Waals surface area contributed by atoms with Crippen LogP contribution in [0.5, 0.6) is 0 Å². The van der Waals surface area contributed by atoms with Crippen LogP contribution in [0.25, 0.3) is 0 Å². The number of hydrogen-bond donors (Lipinski definition) is 2. The van der Waals surface area contributed by atoms with E-state index >= 15 is 0 Å². The Morgan fingerprint density at radius 2 is 1.89 bits per heavy atom. The van der Waals surface area contributed by atoms with E-state index in [1.807, 2.05) is 44.2 Å². The number of esters is 1. The number of benzene rings is 2. The molecule has 1 aliphatic heterocycles. The number of anilines is 1. The van der Waals surface area contributed by atoms with E-state index in [2.05, 4.69) is 10.6 Å². The number of carbonyl (C=O) groups is 4. The molecule has 1 aliphatic rings. The van der Waals surface area contributed by atoms with Gasteiger partial charge in [-0.3, -0.25) is 19.2 Å². The number of hydrogen-bond acceptors (Lipinski definition) is 6. The SMILES string of the molecule is CC(C)COC(=O)CC1C(=O)NCCN1C(=O)CNc1cccc(C(=O)N(C)Cc2ccccc2)c1. The number of rotatable bonds is 10. The van der Waals surface area contributed by atoms with E-state index in [0.717, 1.165) is 5.56 Å². The van der Waals surface area contributed by atoms with Gasteiger partial charge in [-0.1, -0.05) is 50.2 Å². The molecule has 0 bridgehead atoms. The van der Waals surface area contributed by atoms with E-state index in [9.17, 15) is 19.2 Å². The first-order chi connectivity index (χ1) is 17.2. The second-order valence-electron chi connectivity index (χ2n) is 9.26. The van der Waals surface area contributed by atoms with Gasteiger partial charge in [-0.25, -0.2) is 0 Å². The predicted octanol–water partition coefficient (Wildman–Crippen LogP) is 2.29. The Morgan fingerprint density at radius 1 is 1.14 bits per heavy atom. The standard InChI is InChI=1S/C27H34N4O5/c1-19(2)18-36-25(33)15-23-26(34)28-12-13-31(23)24(32)16-29-22-11-7-10-21(14-22)27(35)30(3)17-20-8-5-4-6-9-20/h4-11,14,19,23,29H,12-13,15-18H2,1-3H3,(H,28,34). The summed E-state index contributed by atoms with van der Waals surface area (Å²) in [6.45, 7) is 5.13. The summed E-state index contributed by atoms with van der Waals surface area (Å²) < 4.78 is 5.20. The molecular formula is C27H34N4O5. The fourth-order valence-corrected chi connectivity index (χ4v) is 3.88. The van der Waals surface area contributed by atoms with Crippen molar-refractivity contribution >= 4 is 29.4 Å². The normalized spacial score (nSPS) is 15.3. The number of nitrogens with one attached hydrogen (secondary N) is 2. The minimum atomic E-state index is -0.910. The van der Waals surface area contributed by atoms with Gasteiger partial charge in [0.25, 0.3) is 5.91 Å². The van der Waals surface area contributed by atoms with Gasteiger partial charge in [0, 0.05) is 37.9 Å². The van der Waals surface area contributed by atoms with Crippen LogP contribution in [0.3, 0.4) is 0 Å². The molecule has 1 heterocycles. The van der Waals surface area contributed by atoms with Gasteiger partial charge in [-0.05, 0) is 29.7 Å². The lowest BCUT2D eigenvalue weighted by molar-refractivity contribution is -0.152. The molecule has 3 amide bonds. The number of ether oxygens (including phenoxy) is 1. The first-order valence-electron chi connectivity index (χ1n) is 12.1. The number of amides is 3. The molecular weight excluding hydrogens is 460 g/mol. The Morgan fingerprint density at radius 3 is 2.61 bits per heavy atom. The lowest BCUT2D eigenvalue weighted by Crippen LogP contribution is -2.58. The largest absolute Gasteiger partial charge is 0.465 e. The van der Waals surface area contributed by atoms with Crippen molar-refractivity contribution in [1.29, 1.82) is 0 Å². The average Bonchev–Trinajstić information content (AvgIpc) is 2.87. The van der Waals surface area contributed by atoms with E-state index in [-0.39, 0.29) is 43.2 Å². The van der Waals surface area contributed by atoms with Crippen LogP contribution in [0.2, 0.25) is 0 Å². The molecule has 2 aromatic carbocycles. The summed E-state index contributed by atoms with van der Waals surface area (Å²) in [5.74, 6) is -1.16. The molecule has 9 heteroatoms. The summed E-state index contributed by atoms with van der Waals surface area (Å²) in [7, 11) is 1.74. The predicted molar refractivity (Wildman–Crippen MR) is 136 cm³/mol. The van der Waals surface area contributed by atoms with Crippen LogP contribution in [-0.2, 0) is 25.7 Å². The molecule has 1 unspecified atom stereocenters. The topological polar surface area (TPSA) is 108 Å². The monoisotopic (exact) mass is 494 g/mol. The summed E-state index contributed by atoms with van der Waals surface area (Å²) in [4.78, 5) is 53.5. The van der Waals surface area contributed by atoms with Crippen molar-refractivity contribution in [3.8, 4) is 0 Å². The Labute approximate surface area is 211 Å². The maximum atomic E-state index is 13.0. The minimum Gasteiger partial charge on any atom is -0.465 e. The zero-order valence-corrected chi connectivity index (χ0v) is 21.0. The molecule has 3 rings (SSSR count). The van der Waals surface area contributed by atoms with Crippen LogP contribution in [0, 0.1) is 5.92 Å². The molecule has 192 valence electrons. The quantitative estimate of drug-likeness (QED) is 0.491. The fraction of sp³-hybridized carbons (Fsp3) is 0.407. The van der Waals surface area contributed by atoms with Crippen molar-refractivity contribution in [3.05, 3.63) is 65.7 Å². The third-order valence-corrected chi connectivity index (χ3v) is 5.75. The molecule has 0 radical (unpaired) electrons. The Kier molecular flexibility index (Phi) is 9.44. The lowest BCUT2D eigenvalue weighted by atomic mass is 10.1. The highest BCUT2D eigenvalue weighted by Gasteiger charge is 2.35. The molecule has 36 heavy (non-hydrogen) atoms. The van der Waals surface area contributed by atoms with E-state index in [1.165, 1.54) is 4.90 Å². The first kappa shape index (κ1) is 26.7. The smallest absolute Gasteiger partial charge is 0.308 e. The van der Waals surface area contributed by atoms with Crippen molar-refractivity contribution in [2.45, 2.75) is 32.9 Å². The van der Waals surface area contributed by atoms with E-state index in [1.54, 1.807) is 36.2 Å². The lowest BCUT2D eigenvalue weighted by Gasteiger charge is -2.34. The van der Waals surface area contributed by atoms with Crippen LogP contribution in [0.15, 0.2) is 54.6 Å². The molecule has 0 aromatic heterocycles.